The molecule has 1 aliphatic rings. The zero-order valence-electron chi connectivity index (χ0n) is 14.4. The van der Waals surface area contributed by atoms with Crippen molar-refractivity contribution in [3.05, 3.63) is 48.7 Å². The quantitative estimate of drug-likeness (QED) is 0.712. The molecule has 0 aromatic carbocycles. The maximum absolute atomic E-state index is 12.5. The Morgan fingerprint density at radius 2 is 2.31 bits per heavy atom. The Balaban J connectivity index is 1.41. The van der Waals surface area contributed by atoms with Crippen LogP contribution in [-0.2, 0) is 11.3 Å². The number of amides is 1. The average molecular weight is 348 g/mol. The molecular formula is C19H20N6O. The van der Waals surface area contributed by atoms with Crippen LogP contribution in [-0.4, -0.2) is 49.1 Å². The summed E-state index contributed by atoms with van der Waals surface area (Å²) in [7, 11) is 0. The van der Waals surface area contributed by atoms with Gasteiger partial charge in [0.05, 0.1) is 36.7 Å². The van der Waals surface area contributed by atoms with Crippen LogP contribution in [0.1, 0.15) is 18.5 Å². The first-order chi connectivity index (χ1) is 12.7. The topological polar surface area (TPSA) is 67.5 Å². The molecule has 3 aromatic rings. The lowest BCUT2D eigenvalue weighted by Gasteiger charge is -2.20. The first-order valence-corrected chi connectivity index (χ1v) is 8.66. The number of carbonyl (C=O) groups is 1. The number of carbonyl (C=O) groups excluding carboxylic acids is 1. The predicted octanol–water partition coefficient (Wildman–Crippen LogP) is 1.62. The molecule has 1 amide bonds. The van der Waals surface area contributed by atoms with Crippen LogP contribution in [0, 0.1) is 12.3 Å². The Hall–Kier alpha value is -3.11. The smallest absolute Gasteiger partial charge is 0.241 e. The lowest BCUT2D eigenvalue weighted by atomic mass is 10.2. The van der Waals surface area contributed by atoms with E-state index in [1.807, 2.05) is 46.1 Å². The van der Waals surface area contributed by atoms with Crippen LogP contribution in [0.5, 0.6) is 0 Å². The number of aromatic nitrogens is 4. The molecule has 0 bridgehead atoms. The van der Waals surface area contributed by atoms with Gasteiger partial charge in [0.15, 0.2) is 0 Å². The molecule has 7 nitrogen and oxygen atoms in total. The summed E-state index contributed by atoms with van der Waals surface area (Å²) in [6.07, 6.45) is 14.6. The highest BCUT2D eigenvalue weighted by Crippen LogP contribution is 2.18. The summed E-state index contributed by atoms with van der Waals surface area (Å²) in [5.74, 6) is 2.60. The van der Waals surface area contributed by atoms with Gasteiger partial charge in [-0.3, -0.25) is 14.4 Å². The van der Waals surface area contributed by atoms with Gasteiger partial charge in [-0.2, -0.15) is 5.10 Å². The van der Waals surface area contributed by atoms with Gasteiger partial charge in [0.25, 0.3) is 0 Å². The van der Waals surface area contributed by atoms with Crippen molar-refractivity contribution in [1.29, 1.82) is 0 Å². The van der Waals surface area contributed by atoms with E-state index < -0.39 is 0 Å². The molecule has 0 unspecified atom stereocenters. The maximum atomic E-state index is 12.5. The zero-order chi connectivity index (χ0) is 17.9. The standard InChI is InChI=1S/C19H20N6O/c1-2-8-23-10-5-6-17(23)19(26)22-15-11-20-25(13-15)14-16-12-24-9-4-3-7-18(24)21-16/h1,3-4,7,9,11-13,17H,5-6,8,10,14H2,(H,22,26)/t17-/m0/s1. The Morgan fingerprint density at radius 1 is 1.38 bits per heavy atom. The van der Waals surface area contributed by atoms with E-state index in [-0.39, 0.29) is 11.9 Å². The number of nitrogens with one attached hydrogen (secondary N) is 1. The number of hydrogen-bond acceptors (Lipinski definition) is 4. The van der Waals surface area contributed by atoms with Gasteiger partial charge in [-0.15, -0.1) is 6.42 Å². The van der Waals surface area contributed by atoms with Gasteiger partial charge in [0.2, 0.25) is 5.91 Å². The zero-order valence-corrected chi connectivity index (χ0v) is 14.4. The minimum atomic E-state index is -0.159. The largest absolute Gasteiger partial charge is 0.322 e. The first-order valence-electron chi connectivity index (χ1n) is 8.66. The molecule has 1 N–H and O–H groups in total. The molecule has 3 aromatic heterocycles. The fraction of sp³-hybridized carbons (Fsp3) is 0.316. The number of rotatable bonds is 5. The molecule has 7 heteroatoms. The van der Waals surface area contributed by atoms with Crippen LogP contribution in [0.2, 0.25) is 0 Å². The number of hydrogen-bond donors (Lipinski definition) is 1. The van der Waals surface area contributed by atoms with E-state index in [4.69, 9.17) is 6.42 Å². The third-order valence-corrected chi connectivity index (χ3v) is 4.60. The molecule has 4 rings (SSSR count). The van der Waals surface area contributed by atoms with Gasteiger partial charge < -0.3 is 9.72 Å². The minimum Gasteiger partial charge on any atom is -0.322 e. The Kier molecular flexibility index (Phi) is 4.42. The summed E-state index contributed by atoms with van der Waals surface area (Å²) < 4.78 is 3.74. The Labute approximate surface area is 151 Å². The van der Waals surface area contributed by atoms with Gasteiger partial charge in [-0.1, -0.05) is 12.0 Å². The van der Waals surface area contributed by atoms with Gasteiger partial charge >= 0.3 is 0 Å². The van der Waals surface area contributed by atoms with Crippen LogP contribution in [0.15, 0.2) is 43.0 Å². The molecule has 0 saturated carbocycles. The molecule has 1 fully saturated rings. The molecule has 4 heterocycles. The van der Waals surface area contributed by atoms with Gasteiger partial charge in [0, 0.05) is 18.6 Å². The average Bonchev–Trinajstić information content (AvgIpc) is 3.34. The second-order valence-corrected chi connectivity index (χ2v) is 6.45. The molecule has 0 aliphatic carbocycles. The second kappa shape index (κ2) is 7.02. The van der Waals surface area contributed by atoms with Crippen molar-refractivity contribution in [1.82, 2.24) is 24.1 Å². The normalized spacial score (nSPS) is 17.4. The molecule has 132 valence electrons. The van der Waals surface area contributed by atoms with E-state index >= 15 is 0 Å². The maximum Gasteiger partial charge on any atom is 0.241 e. The van der Waals surface area contributed by atoms with Crippen LogP contribution in [0.4, 0.5) is 5.69 Å². The number of fused-ring (bicyclic) bond motifs is 1. The highest BCUT2D eigenvalue weighted by Gasteiger charge is 2.30. The number of anilines is 1. The highest BCUT2D eigenvalue weighted by atomic mass is 16.2. The summed E-state index contributed by atoms with van der Waals surface area (Å²) in [6.45, 7) is 1.92. The van der Waals surface area contributed by atoms with Crippen LogP contribution in [0.3, 0.4) is 0 Å². The number of terminal acetylenes is 1. The third kappa shape index (κ3) is 3.32. The predicted molar refractivity (Wildman–Crippen MR) is 98.6 cm³/mol. The van der Waals surface area contributed by atoms with E-state index in [9.17, 15) is 4.79 Å². The number of likely N-dealkylation sites (tertiary alicyclic amines) is 1. The number of imidazole rings is 1. The van der Waals surface area contributed by atoms with Crippen molar-refractivity contribution in [2.24, 2.45) is 0 Å². The van der Waals surface area contributed by atoms with Crippen LogP contribution < -0.4 is 5.32 Å². The third-order valence-electron chi connectivity index (χ3n) is 4.60. The van der Waals surface area contributed by atoms with Crippen molar-refractivity contribution in [3.8, 4) is 12.3 Å². The van der Waals surface area contributed by atoms with Gasteiger partial charge in [-0.05, 0) is 31.5 Å². The van der Waals surface area contributed by atoms with Crippen molar-refractivity contribution < 1.29 is 4.79 Å². The fourth-order valence-corrected chi connectivity index (χ4v) is 3.40. The van der Waals surface area contributed by atoms with Crippen LogP contribution in [0.25, 0.3) is 5.65 Å². The van der Waals surface area contributed by atoms with Gasteiger partial charge in [0.1, 0.15) is 5.65 Å². The lowest BCUT2D eigenvalue weighted by Crippen LogP contribution is -2.39. The van der Waals surface area contributed by atoms with Crippen molar-refractivity contribution in [3.63, 3.8) is 0 Å². The molecule has 0 spiro atoms. The lowest BCUT2D eigenvalue weighted by molar-refractivity contribution is -0.120. The first kappa shape index (κ1) is 16.4. The molecule has 1 atom stereocenters. The Bertz CT molecular complexity index is 933. The number of pyridine rings is 1. The SMILES string of the molecule is C#CCN1CCC[C@H]1C(=O)Nc1cnn(Cc2cn3ccccc3n2)c1. The van der Waals surface area contributed by atoms with Crippen molar-refractivity contribution in [2.45, 2.75) is 25.4 Å². The van der Waals surface area contributed by atoms with Crippen LogP contribution >= 0.6 is 0 Å². The van der Waals surface area contributed by atoms with Gasteiger partial charge in [-0.25, -0.2) is 4.98 Å². The monoisotopic (exact) mass is 348 g/mol. The molecule has 1 aliphatic heterocycles. The van der Waals surface area contributed by atoms with E-state index in [1.54, 1.807) is 10.9 Å². The van der Waals surface area contributed by atoms with E-state index in [0.717, 1.165) is 30.7 Å². The van der Waals surface area contributed by atoms with Crippen molar-refractivity contribution in [2.75, 3.05) is 18.4 Å². The second-order valence-electron chi connectivity index (χ2n) is 6.45. The molecule has 1 saturated heterocycles. The summed E-state index contributed by atoms with van der Waals surface area (Å²) in [5.41, 5.74) is 2.50. The molecule has 26 heavy (non-hydrogen) atoms. The fourth-order valence-electron chi connectivity index (χ4n) is 3.40. The highest BCUT2D eigenvalue weighted by molar-refractivity contribution is 5.94. The summed E-state index contributed by atoms with van der Waals surface area (Å²) >= 11 is 0. The minimum absolute atomic E-state index is 0.0231. The summed E-state index contributed by atoms with van der Waals surface area (Å²) in [6, 6.07) is 5.72. The number of nitrogens with zero attached hydrogens (tertiary/aromatic N) is 5. The summed E-state index contributed by atoms with van der Waals surface area (Å²) in [4.78, 5) is 19.1. The summed E-state index contributed by atoms with van der Waals surface area (Å²) in [5, 5.41) is 7.27. The Morgan fingerprint density at radius 3 is 3.15 bits per heavy atom. The molecule has 0 radical (unpaired) electrons. The van der Waals surface area contributed by atoms with Crippen molar-refractivity contribution >= 4 is 17.2 Å². The molecular weight excluding hydrogens is 328 g/mol. The van der Waals surface area contributed by atoms with E-state index in [0.29, 0.717) is 18.8 Å². The van der Waals surface area contributed by atoms with E-state index in [1.165, 1.54) is 0 Å². The van der Waals surface area contributed by atoms with E-state index in [2.05, 4.69) is 21.3 Å².